The molecule has 0 saturated heterocycles. The average Bonchev–Trinajstić information content (AvgIpc) is 0.725. The summed E-state index contributed by atoms with van der Waals surface area (Å²) >= 11 is 1.82. The maximum absolute atomic E-state index is 6.16. The highest BCUT2D eigenvalue weighted by Crippen LogP contribution is 2.56. The summed E-state index contributed by atoms with van der Waals surface area (Å²) in [5.41, 5.74) is 29.2. The van der Waals surface area contributed by atoms with Crippen molar-refractivity contribution < 1.29 is 4.74 Å². The second-order valence-electron chi connectivity index (χ2n) is 32.0. The Morgan fingerprint density at radius 2 is 0.524 bits per heavy atom. The van der Waals surface area contributed by atoms with Crippen molar-refractivity contribution in [2.45, 2.75) is 42.1 Å². The van der Waals surface area contributed by atoms with E-state index < -0.39 is 8.07 Å². The van der Waals surface area contributed by atoms with Gasteiger partial charge in [-0.05, 0) is 187 Å². The van der Waals surface area contributed by atoms with E-state index in [2.05, 4.69) is 396 Å². The van der Waals surface area contributed by atoms with Crippen molar-refractivity contribution in [2.24, 2.45) is 0 Å². The topological polar surface area (TPSA) is 125 Å². The Labute approximate surface area is 724 Å². The highest BCUT2D eigenvalue weighted by atomic mass is 32.2. The first-order valence-electron chi connectivity index (χ1n) is 41.5. The van der Waals surface area contributed by atoms with Gasteiger partial charge >= 0.3 is 0 Å². The SMILES string of the molecule is CC1(C)c2ccccc2N(c2cc(-c3ccccc3)c3cncnc3c2)c2ccccc21.C[Si]1(C)c2ccccc2N(c2cc(-c3ccccc3)c3cncnc3c2)c2ccccc21.c1ccc(-c2cc(N3c4ccccc4Oc4ccccc43)cc3ncncc23)cc1.c1ccc(-c2cc(N3c4ccccc4Sc4ccccc43)cc3ncncc23)cc1. The zero-order valence-corrected chi connectivity index (χ0v) is 70.3. The zero-order valence-electron chi connectivity index (χ0n) is 68.4. The van der Waals surface area contributed by atoms with E-state index in [-0.39, 0.29) is 5.41 Å². The van der Waals surface area contributed by atoms with Gasteiger partial charge in [0.1, 0.15) is 33.4 Å². The molecule has 16 aromatic carbocycles. The molecule has 0 aliphatic carbocycles. The van der Waals surface area contributed by atoms with Gasteiger partial charge in [0.05, 0.1) is 56.2 Å². The third-order valence-electron chi connectivity index (χ3n) is 23.9. The fraction of sp³-hybridized carbons (Fsp3) is 0.0459. The molecular formula is C109H80N12OSSi. The predicted molar refractivity (Wildman–Crippen MR) is 512 cm³/mol. The Hall–Kier alpha value is -15.6. The summed E-state index contributed by atoms with van der Waals surface area (Å²) in [6.07, 6.45) is 14.1. The van der Waals surface area contributed by atoms with E-state index in [1.165, 1.54) is 71.0 Å². The van der Waals surface area contributed by atoms with Crippen molar-refractivity contribution in [1.29, 1.82) is 0 Å². The van der Waals surface area contributed by atoms with E-state index in [0.717, 1.165) is 128 Å². The summed E-state index contributed by atoms with van der Waals surface area (Å²) in [7, 11) is -1.80. The number of hydrogen-bond acceptors (Lipinski definition) is 14. The summed E-state index contributed by atoms with van der Waals surface area (Å²) in [5, 5.41) is 7.13. The van der Waals surface area contributed by atoms with Crippen molar-refractivity contribution in [3.05, 3.63) is 425 Å². The summed E-state index contributed by atoms with van der Waals surface area (Å²) in [4.78, 5) is 47.5. The maximum Gasteiger partial charge on any atom is 0.151 e. The number of benzene rings is 16. The lowest BCUT2D eigenvalue weighted by molar-refractivity contribution is 0.477. The minimum atomic E-state index is -1.80. The van der Waals surface area contributed by atoms with E-state index in [9.17, 15) is 0 Å². The fourth-order valence-corrected chi connectivity index (χ4v) is 22.1. The summed E-state index contributed by atoms with van der Waals surface area (Å²) in [6, 6.07) is 128. The molecule has 0 spiro atoms. The number of rotatable bonds is 8. The first kappa shape index (κ1) is 75.9. The largest absolute Gasteiger partial charge is 0.453 e. The van der Waals surface area contributed by atoms with Crippen molar-refractivity contribution in [1.82, 2.24) is 39.9 Å². The lowest BCUT2D eigenvalue weighted by atomic mass is 9.73. The Morgan fingerprint density at radius 3 is 0.871 bits per heavy atom. The van der Waals surface area contributed by atoms with Crippen LogP contribution in [0.5, 0.6) is 11.5 Å². The molecule has 0 saturated carbocycles. The molecule has 0 bridgehead atoms. The van der Waals surface area contributed by atoms with Gasteiger partial charge < -0.3 is 24.3 Å². The van der Waals surface area contributed by atoms with Gasteiger partial charge in [-0.1, -0.05) is 281 Å². The van der Waals surface area contributed by atoms with Crippen molar-refractivity contribution in [3.63, 3.8) is 0 Å². The first-order chi connectivity index (χ1) is 61.1. The van der Waals surface area contributed by atoms with Crippen LogP contribution in [0.25, 0.3) is 88.1 Å². The monoisotopic (exact) mass is 1630 g/mol. The average molecular weight is 1630 g/mol. The fourth-order valence-electron chi connectivity index (χ4n) is 18.1. The first-order valence-corrected chi connectivity index (χ1v) is 45.3. The van der Waals surface area contributed by atoms with Gasteiger partial charge in [0, 0.05) is 95.7 Å². The van der Waals surface area contributed by atoms with Gasteiger partial charge in [0.2, 0.25) is 0 Å². The number of nitrogens with zero attached hydrogens (tertiary/aromatic N) is 12. The lowest BCUT2D eigenvalue weighted by Crippen LogP contribution is -2.58. The van der Waals surface area contributed by atoms with Crippen LogP contribution >= 0.6 is 11.8 Å². The van der Waals surface area contributed by atoms with Crippen LogP contribution in [0.1, 0.15) is 25.0 Å². The highest BCUT2D eigenvalue weighted by molar-refractivity contribution is 7.99. The minimum absolute atomic E-state index is 0.0784. The molecule has 0 N–H and O–H groups in total. The van der Waals surface area contributed by atoms with Crippen LogP contribution < -0.4 is 34.7 Å². The van der Waals surface area contributed by atoms with Gasteiger partial charge in [-0.15, -0.1) is 0 Å². The predicted octanol–water partition coefficient (Wildman–Crippen LogP) is 27.4. The zero-order chi connectivity index (χ0) is 83.2. The lowest BCUT2D eigenvalue weighted by Gasteiger charge is -2.42. The number of fused-ring (bicyclic) bond motifs is 12. The Morgan fingerprint density at radius 1 is 0.266 bits per heavy atom. The van der Waals surface area contributed by atoms with Crippen LogP contribution in [0.2, 0.25) is 13.1 Å². The number of hydrogen-bond donors (Lipinski definition) is 0. The van der Waals surface area contributed by atoms with Crippen LogP contribution in [0, 0.1) is 0 Å². The van der Waals surface area contributed by atoms with Gasteiger partial charge in [-0.3, -0.25) is 0 Å². The number of para-hydroxylation sites is 10. The second-order valence-corrected chi connectivity index (χ2v) is 37.4. The molecule has 124 heavy (non-hydrogen) atoms. The highest BCUT2D eigenvalue weighted by Gasteiger charge is 2.40. The molecule has 4 aliphatic heterocycles. The van der Waals surface area contributed by atoms with Crippen LogP contribution in [0.4, 0.5) is 68.2 Å². The van der Waals surface area contributed by atoms with Crippen molar-refractivity contribution >= 4 is 142 Å². The molecule has 0 radical (unpaired) electrons. The van der Waals surface area contributed by atoms with Crippen LogP contribution in [-0.4, -0.2) is 47.9 Å². The van der Waals surface area contributed by atoms with Crippen LogP contribution in [0.3, 0.4) is 0 Å². The van der Waals surface area contributed by atoms with E-state index in [1.807, 2.05) is 91.1 Å². The molecule has 15 heteroatoms. The second kappa shape index (κ2) is 32.2. The van der Waals surface area contributed by atoms with Gasteiger partial charge in [0.15, 0.2) is 11.5 Å². The van der Waals surface area contributed by atoms with Crippen molar-refractivity contribution in [3.8, 4) is 56.0 Å². The number of aromatic nitrogens is 8. The Balaban J connectivity index is 0.000000101. The van der Waals surface area contributed by atoms with E-state index in [4.69, 9.17) is 4.74 Å². The third kappa shape index (κ3) is 13.8. The number of anilines is 12. The van der Waals surface area contributed by atoms with E-state index >= 15 is 0 Å². The smallest absolute Gasteiger partial charge is 0.151 e. The van der Waals surface area contributed by atoms with Crippen LogP contribution in [-0.2, 0) is 5.41 Å². The molecule has 4 aliphatic rings. The molecule has 0 atom stereocenters. The third-order valence-corrected chi connectivity index (χ3v) is 28.6. The quantitative estimate of drug-likeness (QED) is 0.134. The Bertz CT molecular complexity index is 6820. The molecule has 0 unspecified atom stereocenters. The molecule has 24 rings (SSSR count). The molecule has 13 nitrogen and oxygen atoms in total. The Kier molecular flexibility index (Phi) is 19.7. The summed E-state index contributed by atoms with van der Waals surface area (Å²) in [6.45, 7) is 9.52. The maximum atomic E-state index is 6.16. The molecule has 8 heterocycles. The molecule has 0 amide bonds. The van der Waals surface area contributed by atoms with Gasteiger partial charge in [-0.2, -0.15) is 0 Å². The molecule has 20 aromatic rings. The summed E-state index contributed by atoms with van der Waals surface area (Å²) in [5.74, 6) is 1.67. The number of ether oxygens (including phenoxy) is 1. The normalized spacial score (nSPS) is 13.3. The molecule has 4 aromatic heterocycles. The summed E-state index contributed by atoms with van der Waals surface area (Å²) < 4.78 is 6.16. The minimum Gasteiger partial charge on any atom is -0.453 e. The van der Waals surface area contributed by atoms with E-state index in [0.29, 0.717) is 0 Å². The molecule has 0 fully saturated rings. The van der Waals surface area contributed by atoms with Crippen LogP contribution in [0.15, 0.2) is 424 Å². The van der Waals surface area contributed by atoms with E-state index in [1.54, 1.807) is 25.3 Å². The standard InChI is InChI=1S/C29H23N3.C28H23N3Si.C26H17N3O.C26H17N3S/c1-29(2)24-12-6-8-14-27(24)32(28-15-9-7-13-25(28)29)21-16-22(20-10-4-3-5-11-20)23-18-30-19-31-26(23)17-21;1-32(2)27-14-8-6-12-25(27)31(26-13-7-9-15-28(26)32)21-16-22(20-10-4-3-5-11-20)23-18-29-19-30-24(23)17-21;2*1-2-8-18(9-3-1)20-14-19(15-22-21(20)16-27-17-28-22)29-23-10-4-6-12-25(23)30-26-13-7-5-11-24(26)29/h2*3-19H,1-2H3;2*1-17H. The van der Waals surface area contributed by atoms with Crippen molar-refractivity contribution in [2.75, 3.05) is 19.6 Å². The molecular weight excluding hydrogens is 1550 g/mol. The van der Waals surface area contributed by atoms with Gasteiger partial charge in [0.25, 0.3) is 0 Å². The molecule has 592 valence electrons. The van der Waals surface area contributed by atoms with Gasteiger partial charge in [-0.25, -0.2) is 39.9 Å².